The maximum atomic E-state index is 6.22. The van der Waals surface area contributed by atoms with Gasteiger partial charge in [0.1, 0.15) is 23.5 Å². The zero-order valence-electron chi connectivity index (χ0n) is 14.9. The summed E-state index contributed by atoms with van der Waals surface area (Å²) >= 11 is 3.53. The predicted molar refractivity (Wildman–Crippen MR) is 103 cm³/mol. The summed E-state index contributed by atoms with van der Waals surface area (Å²) in [5.41, 5.74) is 2.95. The maximum absolute atomic E-state index is 6.22. The van der Waals surface area contributed by atoms with Crippen molar-refractivity contribution >= 4 is 32.9 Å². The summed E-state index contributed by atoms with van der Waals surface area (Å²) in [6, 6.07) is 0. The third kappa shape index (κ3) is 3.25. The van der Waals surface area contributed by atoms with Gasteiger partial charge in [-0.15, -0.1) is 0 Å². The average Bonchev–Trinajstić information content (AvgIpc) is 2.97. The van der Waals surface area contributed by atoms with Gasteiger partial charge in [-0.25, -0.2) is 15.0 Å². The van der Waals surface area contributed by atoms with Crippen molar-refractivity contribution in [2.24, 2.45) is 7.05 Å². The summed E-state index contributed by atoms with van der Waals surface area (Å²) in [5, 5.41) is 0. The Morgan fingerprint density at radius 1 is 1.15 bits per heavy atom. The Morgan fingerprint density at radius 3 is 2.58 bits per heavy atom. The van der Waals surface area contributed by atoms with Gasteiger partial charge < -0.3 is 14.2 Å². The third-order valence-electron chi connectivity index (χ3n) is 4.78. The summed E-state index contributed by atoms with van der Waals surface area (Å²) in [4.78, 5) is 19.9. The maximum Gasteiger partial charge on any atom is 0.242 e. The highest BCUT2D eigenvalue weighted by atomic mass is 79.9. The monoisotopic (exact) mass is 416 g/mol. The predicted octanol–water partition coefficient (Wildman–Crippen LogP) is 3.13. The van der Waals surface area contributed by atoms with Gasteiger partial charge in [-0.05, 0) is 27.9 Å². The van der Waals surface area contributed by atoms with Crippen LogP contribution in [0.4, 0.5) is 5.95 Å². The van der Waals surface area contributed by atoms with Crippen LogP contribution in [0.15, 0.2) is 29.4 Å². The van der Waals surface area contributed by atoms with Crippen LogP contribution in [0, 0.1) is 0 Å². The zero-order chi connectivity index (χ0) is 18.1. The first-order chi connectivity index (χ1) is 12.7. The van der Waals surface area contributed by atoms with Crippen LogP contribution >= 0.6 is 15.9 Å². The van der Waals surface area contributed by atoms with E-state index >= 15 is 0 Å². The van der Waals surface area contributed by atoms with E-state index in [4.69, 9.17) is 4.74 Å². The summed E-state index contributed by atoms with van der Waals surface area (Å²) in [7, 11) is 1.98. The second-order valence-corrected chi connectivity index (χ2v) is 7.37. The SMILES string of the molecule is CCc1cnc(N2CCC(Oc3ncnc4c(Br)cn(C)c34)CC2)nc1. The quantitative estimate of drug-likeness (QED) is 0.650. The Bertz CT molecular complexity index is 902. The molecule has 0 aromatic carbocycles. The van der Waals surface area contributed by atoms with Gasteiger partial charge in [0.2, 0.25) is 11.8 Å². The van der Waals surface area contributed by atoms with Crippen LogP contribution in [0.5, 0.6) is 5.88 Å². The second kappa shape index (κ2) is 7.19. The molecule has 4 heterocycles. The highest BCUT2D eigenvalue weighted by Gasteiger charge is 2.24. The van der Waals surface area contributed by atoms with E-state index in [1.807, 2.05) is 30.2 Å². The fourth-order valence-electron chi connectivity index (χ4n) is 3.26. The standard InChI is InChI=1S/C18H21BrN6O/c1-3-12-8-20-18(21-9-12)25-6-4-13(5-7-25)26-17-16-15(22-11-23-17)14(19)10-24(16)2/h8-11,13H,3-7H2,1-2H3. The van der Waals surface area contributed by atoms with Crippen molar-refractivity contribution in [3.63, 3.8) is 0 Å². The number of hydrogen-bond acceptors (Lipinski definition) is 6. The Kier molecular flexibility index (Phi) is 4.76. The minimum atomic E-state index is 0.132. The molecule has 1 aliphatic rings. The lowest BCUT2D eigenvalue weighted by atomic mass is 10.1. The van der Waals surface area contributed by atoms with Crippen LogP contribution in [0.1, 0.15) is 25.3 Å². The number of hydrogen-bond donors (Lipinski definition) is 0. The van der Waals surface area contributed by atoms with Gasteiger partial charge in [0, 0.05) is 51.6 Å². The van der Waals surface area contributed by atoms with Crippen molar-refractivity contribution < 1.29 is 4.74 Å². The molecule has 3 aromatic heterocycles. The molecular weight excluding hydrogens is 396 g/mol. The molecule has 0 radical (unpaired) electrons. The van der Waals surface area contributed by atoms with Gasteiger partial charge in [0.05, 0.1) is 4.47 Å². The summed E-state index contributed by atoms with van der Waals surface area (Å²) in [5.74, 6) is 1.45. The molecule has 0 spiro atoms. The molecule has 136 valence electrons. The number of aryl methyl sites for hydroxylation is 2. The molecule has 0 bridgehead atoms. The number of rotatable bonds is 4. The molecule has 0 atom stereocenters. The molecule has 4 rings (SSSR count). The fourth-order valence-corrected chi connectivity index (χ4v) is 3.86. The molecular formula is C18H21BrN6O. The van der Waals surface area contributed by atoms with Crippen molar-refractivity contribution in [3.8, 4) is 5.88 Å². The number of piperidine rings is 1. The van der Waals surface area contributed by atoms with E-state index < -0.39 is 0 Å². The van der Waals surface area contributed by atoms with Crippen LogP contribution in [-0.2, 0) is 13.5 Å². The van der Waals surface area contributed by atoms with Crippen LogP contribution in [0.25, 0.3) is 11.0 Å². The van der Waals surface area contributed by atoms with Gasteiger partial charge in [-0.1, -0.05) is 6.92 Å². The summed E-state index contributed by atoms with van der Waals surface area (Å²) in [6.07, 6.45) is 10.3. The molecule has 0 saturated carbocycles. The van der Waals surface area contributed by atoms with Crippen molar-refractivity contribution in [1.29, 1.82) is 0 Å². The topological polar surface area (TPSA) is 69.0 Å². The molecule has 1 aliphatic heterocycles. The number of aromatic nitrogens is 5. The average molecular weight is 417 g/mol. The third-order valence-corrected chi connectivity index (χ3v) is 5.36. The van der Waals surface area contributed by atoms with E-state index in [9.17, 15) is 0 Å². The first-order valence-corrected chi connectivity index (χ1v) is 9.63. The van der Waals surface area contributed by atoms with Crippen LogP contribution in [-0.4, -0.2) is 43.7 Å². The van der Waals surface area contributed by atoms with E-state index in [1.54, 1.807) is 6.33 Å². The molecule has 1 fully saturated rings. The van der Waals surface area contributed by atoms with E-state index in [1.165, 1.54) is 0 Å². The Labute approximate surface area is 160 Å². The minimum Gasteiger partial charge on any atom is -0.473 e. The number of halogens is 1. The van der Waals surface area contributed by atoms with E-state index in [0.717, 1.165) is 59.4 Å². The van der Waals surface area contributed by atoms with E-state index in [0.29, 0.717) is 5.88 Å². The first-order valence-electron chi connectivity index (χ1n) is 8.83. The fraction of sp³-hybridized carbons (Fsp3) is 0.444. The Hall–Kier alpha value is -2.22. The van der Waals surface area contributed by atoms with Gasteiger partial charge >= 0.3 is 0 Å². The summed E-state index contributed by atoms with van der Waals surface area (Å²) in [6.45, 7) is 3.86. The van der Waals surface area contributed by atoms with Gasteiger partial charge in [-0.2, -0.15) is 4.98 Å². The molecule has 1 saturated heterocycles. The van der Waals surface area contributed by atoms with Crippen LogP contribution in [0.3, 0.4) is 0 Å². The normalized spacial score (nSPS) is 15.6. The Balaban J connectivity index is 1.44. The Morgan fingerprint density at radius 2 is 1.88 bits per heavy atom. The molecule has 7 nitrogen and oxygen atoms in total. The molecule has 26 heavy (non-hydrogen) atoms. The molecule has 0 amide bonds. The second-order valence-electron chi connectivity index (χ2n) is 6.51. The van der Waals surface area contributed by atoms with E-state index in [-0.39, 0.29) is 6.10 Å². The van der Waals surface area contributed by atoms with E-state index in [2.05, 4.69) is 47.7 Å². The van der Waals surface area contributed by atoms with Crippen molar-refractivity contribution in [3.05, 3.63) is 35.0 Å². The first kappa shape index (κ1) is 17.2. The smallest absolute Gasteiger partial charge is 0.242 e. The molecule has 0 unspecified atom stereocenters. The molecule has 0 N–H and O–H groups in total. The highest BCUT2D eigenvalue weighted by Crippen LogP contribution is 2.30. The number of anilines is 1. The van der Waals surface area contributed by atoms with Crippen molar-refractivity contribution in [1.82, 2.24) is 24.5 Å². The van der Waals surface area contributed by atoms with Gasteiger partial charge in [0.25, 0.3) is 0 Å². The molecule has 3 aromatic rings. The lowest BCUT2D eigenvalue weighted by Crippen LogP contribution is -2.39. The molecule has 8 heteroatoms. The summed E-state index contributed by atoms with van der Waals surface area (Å²) < 4.78 is 9.17. The lowest BCUT2D eigenvalue weighted by Gasteiger charge is -2.32. The van der Waals surface area contributed by atoms with Crippen LogP contribution < -0.4 is 9.64 Å². The highest BCUT2D eigenvalue weighted by molar-refractivity contribution is 9.10. The number of nitrogens with zero attached hydrogens (tertiary/aromatic N) is 6. The minimum absolute atomic E-state index is 0.132. The zero-order valence-corrected chi connectivity index (χ0v) is 16.5. The van der Waals surface area contributed by atoms with Gasteiger partial charge in [-0.3, -0.25) is 0 Å². The number of ether oxygens (including phenoxy) is 1. The largest absolute Gasteiger partial charge is 0.473 e. The van der Waals surface area contributed by atoms with Crippen LogP contribution in [0.2, 0.25) is 0 Å². The van der Waals surface area contributed by atoms with Gasteiger partial charge in [0.15, 0.2) is 0 Å². The lowest BCUT2D eigenvalue weighted by molar-refractivity contribution is 0.165. The number of fused-ring (bicyclic) bond motifs is 1. The molecule has 0 aliphatic carbocycles. The van der Waals surface area contributed by atoms with Crippen molar-refractivity contribution in [2.75, 3.05) is 18.0 Å². The van der Waals surface area contributed by atoms with Crippen molar-refractivity contribution in [2.45, 2.75) is 32.3 Å².